The topological polar surface area (TPSA) is 56.0 Å². The molecule has 1 heterocycles. The molecule has 130 valence electrons. The summed E-state index contributed by atoms with van der Waals surface area (Å²) in [4.78, 5) is 7.25. The third-order valence-electron chi connectivity index (χ3n) is 4.83. The van der Waals surface area contributed by atoms with Crippen LogP contribution in [0.2, 0.25) is 0 Å². The van der Waals surface area contributed by atoms with Gasteiger partial charge >= 0.3 is 0 Å². The highest BCUT2D eigenvalue weighted by molar-refractivity contribution is 5.64. The molecule has 1 aromatic carbocycles. The SMILES string of the molecule is CCN(CCO)CCN(CC)CCN1CCc2ccc(N)cc21. The van der Waals surface area contributed by atoms with E-state index >= 15 is 0 Å². The molecule has 0 spiro atoms. The van der Waals surface area contributed by atoms with E-state index in [0.29, 0.717) is 0 Å². The smallest absolute Gasteiger partial charge is 0.0558 e. The maximum atomic E-state index is 9.08. The van der Waals surface area contributed by atoms with Crippen LogP contribution in [-0.2, 0) is 6.42 Å². The standard InChI is InChI=1S/C18H32N4O/c1-3-20(9-10-21(4-2)13-14-23)11-12-22-8-7-16-5-6-17(19)15-18(16)22/h5-6,15,23H,3-4,7-14,19H2,1-2H3. The fourth-order valence-corrected chi connectivity index (χ4v) is 3.24. The molecule has 5 heteroatoms. The van der Waals surface area contributed by atoms with Gasteiger partial charge in [-0.2, -0.15) is 0 Å². The minimum absolute atomic E-state index is 0.242. The molecule has 1 aliphatic rings. The van der Waals surface area contributed by atoms with E-state index in [1.807, 2.05) is 6.07 Å². The monoisotopic (exact) mass is 320 g/mol. The molecule has 5 nitrogen and oxygen atoms in total. The lowest BCUT2D eigenvalue weighted by molar-refractivity contribution is 0.177. The van der Waals surface area contributed by atoms with Gasteiger partial charge in [-0.1, -0.05) is 19.9 Å². The van der Waals surface area contributed by atoms with Crippen molar-refractivity contribution >= 4 is 11.4 Å². The van der Waals surface area contributed by atoms with Crippen LogP contribution >= 0.6 is 0 Å². The van der Waals surface area contributed by atoms with Crippen LogP contribution in [0, 0.1) is 0 Å². The second kappa shape index (κ2) is 9.11. The van der Waals surface area contributed by atoms with E-state index in [2.05, 4.69) is 40.7 Å². The summed E-state index contributed by atoms with van der Waals surface area (Å²) in [7, 11) is 0. The molecule has 3 N–H and O–H groups in total. The summed E-state index contributed by atoms with van der Waals surface area (Å²) >= 11 is 0. The lowest BCUT2D eigenvalue weighted by atomic mass is 10.1. The summed E-state index contributed by atoms with van der Waals surface area (Å²) in [5, 5.41) is 9.08. The number of aliphatic hydroxyl groups is 1. The van der Waals surface area contributed by atoms with Crippen LogP contribution in [0.15, 0.2) is 18.2 Å². The molecule has 2 rings (SSSR count). The second-order valence-corrected chi connectivity index (χ2v) is 6.22. The van der Waals surface area contributed by atoms with Crippen LogP contribution in [0.5, 0.6) is 0 Å². The van der Waals surface area contributed by atoms with Crippen LogP contribution < -0.4 is 10.6 Å². The van der Waals surface area contributed by atoms with Gasteiger partial charge < -0.3 is 25.5 Å². The highest BCUT2D eigenvalue weighted by Gasteiger charge is 2.19. The van der Waals surface area contributed by atoms with E-state index in [-0.39, 0.29) is 6.61 Å². The van der Waals surface area contributed by atoms with Crippen molar-refractivity contribution in [1.82, 2.24) is 9.80 Å². The van der Waals surface area contributed by atoms with E-state index in [9.17, 15) is 0 Å². The maximum Gasteiger partial charge on any atom is 0.0558 e. The molecular formula is C18H32N4O. The Kier molecular flexibility index (Phi) is 7.15. The summed E-state index contributed by atoms with van der Waals surface area (Å²) in [6.45, 7) is 12.7. The minimum Gasteiger partial charge on any atom is -0.399 e. The second-order valence-electron chi connectivity index (χ2n) is 6.22. The Morgan fingerprint density at radius 3 is 2.43 bits per heavy atom. The van der Waals surface area contributed by atoms with Gasteiger partial charge in [-0.3, -0.25) is 0 Å². The highest BCUT2D eigenvalue weighted by atomic mass is 16.3. The maximum absolute atomic E-state index is 9.08. The molecule has 0 saturated carbocycles. The van der Waals surface area contributed by atoms with E-state index in [4.69, 9.17) is 10.8 Å². The molecule has 0 fully saturated rings. The van der Waals surface area contributed by atoms with Crippen molar-refractivity contribution in [1.29, 1.82) is 0 Å². The summed E-state index contributed by atoms with van der Waals surface area (Å²) in [5.41, 5.74) is 9.52. The van der Waals surface area contributed by atoms with E-state index in [0.717, 1.165) is 64.5 Å². The van der Waals surface area contributed by atoms with Crippen LogP contribution in [0.25, 0.3) is 0 Å². The number of aliphatic hydroxyl groups excluding tert-OH is 1. The molecule has 1 aliphatic heterocycles. The molecule has 0 bridgehead atoms. The Hall–Kier alpha value is -1.30. The normalized spacial score (nSPS) is 14.0. The molecule has 0 saturated heterocycles. The van der Waals surface area contributed by atoms with Gasteiger partial charge in [0.1, 0.15) is 0 Å². The number of nitrogens with two attached hydrogens (primary N) is 1. The van der Waals surface area contributed by atoms with E-state index in [1.54, 1.807) is 0 Å². The largest absolute Gasteiger partial charge is 0.399 e. The van der Waals surface area contributed by atoms with Crippen LogP contribution in [0.3, 0.4) is 0 Å². The van der Waals surface area contributed by atoms with Crippen LogP contribution in [0.4, 0.5) is 11.4 Å². The molecule has 1 aromatic rings. The number of rotatable bonds is 10. The first kappa shape index (κ1) is 18.0. The predicted molar refractivity (Wildman–Crippen MR) is 98.1 cm³/mol. The van der Waals surface area contributed by atoms with Crippen molar-refractivity contribution in [3.63, 3.8) is 0 Å². The highest BCUT2D eigenvalue weighted by Crippen LogP contribution is 2.29. The van der Waals surface area contributed by atoms with E-state index in [1.165, 1.54) is 11.3 Å². The summed E-state index contributed by atoms with van der Waals surface area (Å²) in [5.74, 6) is 0. The molecule has 0 amide bonds. The fraction of sp³-hybridized carbons (Fsp3) is 0.667. The Morgan fingerprint density at radius 1 is 1.09 bits per heavy atom. The van der Waals surface area contributed by atoms with Gasteiger partial charge in [0.15, 0.2) is 0 Å². The molecular weight excluding hydrogens is 288 g/mol. The number of nitrogens with zero attached hydrogens (tertiary/aromatic N) is 3. The van der Waals surface area contributed by atoms with Gasteiger partial charge in [0, 0.05) is 50.6 Å². The first-order chi connectivity index (χ1) is 11.2. The quantitative estimate of drug-likeness (QED) is 0.636. The van der Waals surface area contributed by atoms with Crippen molar-refractivity contribution in [2.75, 3.05) is 69.6 Å². The number of hydrogen-bond acceptors (Lipinski definition) is 5. The zero-order chi connectivity index (χ0) is 16.7. The third kappa shape index (κ3) is 5.09. The van der Waals surface area contributed by atoms with Crippen molar-refractivity contribution in [2.24, 2.45) is 0 Å². The number of benzene rings is 1. The lowest BCUT2D eigenvalue weighted by Gasteiger charge is -2.28. The van der Waals surface area contributed by atoms with Gasteiger partial charge in [-0.15, -0.1) is 0 Å². The first-order valence-electron chi connectivity index (χ1n) is 8.86. The van der Waals surface area contributed by atoms with Crippen LogP contribution in [0.1, 0.15) is 19.4 Å². The molecule has 0 atom stereocenters. The summed E-state index contributed by atoms with van der Waals surface area (Å²) in [6.07, 6.45) is 1.13. The Balaban J connectivity index is 1.81. The van der Waals surface area contributed by atoms with Gasteiger partial charge in [-0.05, 0) is 37.2 Å². The predicted octanol–water partition coefficient (Wildman–Crippen LogP) is 1.27. The Bertz CT molecular complexity index is 480. The van der Waals surface area contributed by atoms with Gasteiger partial charge in [-0.25, -0.2) is 0 Å². The summed E-state index contributed by atoms with van der Waals surface area (Å²) in [6, 6.07) is 6.27. The molecule has 0 aromatic heterocycles. The van der Waals surface area contributed by atoms with Crippen molar-refractivity contribution in [3.05, 3.63) is 23.8 Å². The van der Waals surface area contributed by atoms with Gasteiger partial charge in [0.05, 0.1) is 6.61 Å². The number of nitrogen functional groups attached to an aromatic ring is 1. The number of hydrogen-bond donors (Lipinski definition) is 2. The Morgan fingerprint density at radius 2 is 1.78 bits per heavy atom. The van der Waals surface area contributed by atoms with E-state index < -0.39 is 0 Å². The number of fused-ring (bicyclic) bond motifs is 1. The fourth-order valence-electron chi connectivity index (χ4n) is 3.24. The first-order valence-corrected chi connectivity index (χ1v) is 8.86. The van der Waals surface area contributed by atoms with Gasteiger partial charge in [0.2, 0.25) is 0 Å². The zero-order valence-corrected chi connectivity index (χ0v) is 14.7. The van der Waals surface area contributed by atoms with Crippen molar-refractivity contribution in [2.45, 2.75) is 20.3 Å². The Labute approximate surface area is 140 Å². The molecule has 23 heavy (non-hydrogen) atoms. The minimum atomic E-state index is 0.242. The summed E-state index contributed by atoms with van der Waals surface area (Å²) < 4.78 is 0. The number of anilines is 2. The van der Waals surface area contributed by atoms with Crippen molar-refractivity contribution < 1.29 is 5.11 Å². The average Bonchev–Trinajstić information content (AvgIpc) is 2.96. The zero-order valence-electron chi connectivity index (χ0n) is 14.7. The molecule has 0 radical (unpaired) electrons. The van der Waals surface area contributed by atoms with Crippen LogP contribution in [-0.4, -0.2) is 73.9 Å². The lowest BCUT2D eigenvalue weighted by Crippen LogP contribution is -2.40. The van der Waals surface area contributed by atoms with Gasteiger partial charge in [0.25, 0.3) is 0 Å². The molecule has 0 unspecified atom stereocenters. The average molecular weight is 320 g/mol. The van der Waals surface area contributed by atoms with Crippen molar-refractivity contribution in [3.8, 4) is 0 Å². The molecule has 0 aliphatic carbocycles. The number of likely N-dealkylation sites (N-methyl/N-ethyl adjacent to an activating group) is 2. The third-order valence-corrected chi connectivity index (χ3v) is 4.83.